The Bertz CT molecular complexity index is 287. The van der Waals surface area contributed by atoms with Gasteiger partial charge in [0.1, 0.15) is 3.70 Å². The molecule has 80 valence electrons. The zero-order valence-electron chi connectivity index (χ0n) is 8.55. The molecule has 1 rings (SSSR count). The highest BCUT2D eigenvalue weighted by molar-refractivity contribution is 14.1. The maximum Gasteiger partial charge on any atom is 0.141 e. The van der Waals surface area contributed by atoms with Crippen LogP contribution in [0.4, 0.5) is 0 Å². The van der Waals surface area contributed by atoms with Gasteiger partial charge in [0.15, 0.2) is 0 Å². The van der Waals surface area contributed by atoms with Crippen molar-refractivity contribution >= 4 is 34.2 Å². The monoisotopic (exact) mass is 328 g/mol. The van der Waals surface area contributed by atoms with Crippen molar-refractivity contribution in [3.8, 4) is 0 Å². The molecule has 0 aliphatic carbocycles. The topological polar surface area (TPSA) is 27.1 Å². The zero-order valence-corrected chi connectivity index (χ0v) is 11.5. The smallest absolute Gasteiger partial charge is 0.141 e. The largest absolute Gasteiger partial charge is 0.374 e. The molecule has 0 amide bonds. The van der Waals surface area contributed by atoms with E-state index in [1.54, 1.807) is 4.68 Å². The Hall–Kier alpha value is 0.190. The molecule has 0 aromatic carbocycles. The molecule has 0 radical (unpaired) electrons. The quantitative estimate of drug-likeness (QED) is 0.798. The predicted octanol–water partition coefficient (Wildman–Crippen LogP) is 2.96. The molecule has 0 N–H and O–H groups in total. The first-order valence-corrected chi connectivity index (χ1v) is 5.86. The van der Waals surface area contributed by atoms with Crippen molar-refractivity contribution in [3.63, 3.8) is 0 Å². The van der Waals surface area contributed by atoms with Crippen LogP contribution in [-0.2, 0) is 11.3 Å². The standard InChI is InChI=1S/C9H14ClIN2O/c1-9(2,3)14-5-4-13-6-7(10)8(11)12-13/h6H,4-5H2,1-3H3. The van der Waals surface area contributed by atoms with E-state index in [4.69, 9.17) is 16.3 Å². The molecular formula is C9H14ClIN2O. The van der Waals surface area contributed by atoms with E-state index in [0.717, 1.165) is 10.2 Å². The van der Waals surface area contributed by atoms with Crippen LogP contribution in [0.5, 0.6) is 0 Å². The van der Waals surface area contributed by atoms with Gasteiger partial charge in [-0.15, -0.1) is 0 Å². The van der Waals surface area contributed by atoms with Crippen LogP contribution < -0.4 is 0 Å². The van der Waals surface area contributed by atoms with Crippen LogP contribution in [0.2, 0.25) is 5.02 Å². The number of ether oxygens (including phenoxy) is 1. The van der Waals surface area contributed by atoms with Crippen molar-refractivity contribution in [1.82, 2.24) is 9.78 Å². The van der Waals surface area contributed by atoms with Gasteiger partial charge >= 0.3 is 0 Å². The summed E-state index contributed by atoms with van der Waals surface area (Å²) in [5, 5.41) is 4.92. The Morgan fingerprint density at radius 2 is 2.21 bits per heavy atom. The Labute approximate surface area is 103 Å². The summed E-state index contributed by atoms with van der Waals surface area (Å²) in [4.78, 5) is 0. The average molecular weight is 329 g/mol. The summed E-state index contributed by atoms with van der Waals surface area (Å²) in [5.74, 6) is 0. The second-order valence-corrected chi connectivity index (χ2v) is 5.42. The molecule has 0 saturated heterocycles. The summed E-state index contributed by atoms with van der Waals surface area (Å²) in [7, 11) is 0. The molecule has 1 aromatic rings. The van der Waals surface area contributed by atoms with Crippen LogP contribution in [0.25, 0.3) is 0 Å². The van der Waals surface area contributed by atoms with Crippen LogP contribution in [0.1, 0.15) is 20.8 Å². The van der Waals surface area contributed by atoms with Gasteiger partial charge in [0, 0.05) is 6.20 Å². The third-order valence-electron chi connectivity index (χ3n) is 1.53. The lowest BCUT2D eigenvalue weighted by Gasteiger charge is -2.19. The summed E-state index contributed by atoms with van der Waals surface area (Å²) in [6, 6.07) is 0. The van der Waals surface area contributed by atoms with E-state index in [1.807, 2.05) is 27.0 Å². The molecule has 0 atom stereocenters. The predicted molar refractivity (Wildman–Crippen MR) is 65.7 cm³/mol. The van der Waals surface area contributed by atoms with E-state index in [-0.39, 0.29) is 5.60 Å². The van der Waals surface area contributed by atoms with E-state index >= 15 is 0 Å². The normalized spacial score (nSPS) is 12.1. The second kappa shape index (κ2) is 4.81. The van der Waals surface area contributed by atoms with E-state index in [9.17, 15) is 0 Å². The van der Waals surface area contributed by atoms with Crippen molar-refractivity contribution in [2.45, 2.75) is 32.9 Å². The molecule has 1 heterocycles. The first-order valence-electron chi connectivity index (χ1n) is 4.41. The third kappa shape index (κ3) is 4.14. The minimum atomic E-state index is -0.0932. The minimum Gasteiger partial charge on any atom is -0.374 e. The second-order valence-electron chi connectivity index (χ2n) is 3.99. The van der Waals surface area contributed by atoms with E-state index in [2.05, 4.69) is 27.7 Å². The highest BCUT2D eigenvalue weighted by Gasteiger charge is 2.10. The summed E-state index contributed by atoms with van der Waals surface area (Å²) in [5.41, 5.74) is -0.0932. The van der Waals surface area contributed by atoms with E-state index in [1.165, 1.54) is 0 Å². The molecule has 0 aliphatic rings. The SMILES string of the molecule is CC(C)(C)OCCn1cc(Cl)c(I)n1. The van der Waals surface area contributed by atoms with E-state index in [0.29, 0.717) is 11.6 Å². The molecule has 0 bridgehead atoms. The fraction of sp³-hybridized carbons (Fsp3) is 0.667. The summed E-state index contributed by atoms with van der Waals surface area (Å²) >= 11 is 7.97. The number of hydrogen-bond donors (Lipinski definition) is 0. The zero-order chi connectivity index (χ0) is 10.8. The maximum atomic E-state index is 5.87. The van der Waals surface area contributed by atoms with Crippen LogP contribution in [0.3, 0.4) is 0 Å². The van der Waals surface area contributed by atoms with Crippen LogP contribution in [0.15, 0.2) is 6.20 Å². The average Bonchev–Trinajstić information content (AvgIpc) is 2.28. The van der Waals surface area contributed by atoms with Crippen LogP contribution in [-0.4, -0.2) is 22.0 Å². The van der Waals surface area contributed by atoms with Gasteiger partial charge in [-0.3, -0.25) is 4.68 Å². The molecule has 0 fully saturated rings. The molecule has 3 nitrogen and oxygen atoms in total. The molecule has 5 heteroatoms. The van der Waals surface area contributed by atoms with Crippen molar-refractivity contribution in [2.75, 3.05) is 6.61 Å². The Morgan fingerprint density at radius 1 is 1.57 bits per heavy atom. The number of nitrogens with zero attached hydrogens (tertiary/aromatic N) is 2. The summed E-state index contributed by atoms with van der Waals surface area (Å²) in [6.45, 7) is 7.49. The Balaban J connectivity index is 2.39. The molecule has 0 aliphatic heterocycles. The first kappa shape index (κ1) is 12.3. The molecule has 0 unspecified atom stereocenters. The summed E-state index contributed by atoms with van der Waals surface area (Å²) < 4.78 is 8.21. The fourth-order valence-electron chi connectivity index (χ4n) is 0.933. The van der Waals surface area contributed by atoms with Gasteiger partial charge in [-0.25, -0.2) is 0 Å². The molecular weight excluding hydrogens is 314 g/mol. The Kier molecular flexibility index (Phi) is 4.21. The first-order chi connectivity index (χ1) is 6.38. The summed E-state index contributed by atoms with van der Waals surface area (Å²) in [6.07, 6.45) is 1.81. The van der Waals surface area contributed by atoms with Gasteiger partial charge in [0.2, 0.25) is 0 Å². The van der Waals surface area contributed by atoms with Gasteiger partial charge in [0.25, 0.3) is 0 Å². The third-order valence-corrected chi connectivity index (χ3v) is 2.92. The van der Waals surface area contributed by atoms with Crippen LogP contribution >= 0.6 is 34.2 Å². The fourth-order valence-corrected chi connectivity index (χ4v) is 1.50. The van der Waals surface area contributed by atoms with Gasteiger partial charge in [-0.2, -0.15) is 5.10 Å². The van der Waals surface area contributed by atoms with Crippen LogP contribution in [0, 0.1) is 3.70 Å². The lowest BCUT2D eigenvalue weighted by Crippen LogP contribution is -2.22. The molecule has 1 aromatic heterocycles. The van der Waals surface area contributed by atoms with Crippen molar-refractivity contribution < 1.29 is 4.74 Å². The number of halogens is 2. The van der Waals surface area contributed by atoms with Gasteiger partial charge in [0.05, 0.1) is 23.8 Å². The number of aromatic nitrogens is 2. The molecule has 14 heavy (non-hydrogen) atoms. The highest BCUT2D eigenvalue weighted by atomic mass is 127. The van der Waals surface area contributed by atoms with Gasteiger partial charge in [-0.05, 0) is 43.4 Å². The molecule has 0 spiro atoms. The lowest BCUT2D eigenvalue weighted by atomic mass is 10.2. The van der Waals surface area contributed by atoms with Gasteiger partial charge in [-0.1, -0.05) is 11.6 Å². The Morgan fingerprint density at radius 3 is 2.64 bits per heavy atom. The molecule has 0 saturated carbocycles. The lowest BCUT2D eigenvalue weighted by molar-refractivity contribution is -0.00792. The number of hydrogen-bond acceptors (Lipinski definition) is 2. The van der Waals surface area contributed by atoms with Gasteiger partial charge < -0.3 is 4.74 Å². The maximum absolute atomic E-state index is 5.87. The van der Waals surface area contributed by atoms with Crippen molar-refractivity contribution in [2.24, 2.45) is 0 Å². The highest BCUT2D eigenvalue weighted by Crippen LogP contribution is 2.15. The van der Waals surface area contributed by atoms with Crippen molar-refractivity contribution in [1.29, 1.82) is 0 Å². The van der Waals surface area contributed by atoms with E-state index < -0.39 is 0 Å². The number of rotatable bonds is 3. The minimum absolute atomic E-state index is 0.0932. The van der Waals surface area contributed by atoms with Crippen molar-refractivity contribution in [3.05, 3.63) is 14.9 Å².